The molecule has 0 amide bonds. The lowest BCUT2D eigenvalue weighted by Crippen LogP contribution is -2.32. The van der Waals surface area contributed by atoms with Gasteiger partial charge in [-0.1, -0.05) is 6.92 Å². The van der Waals surface area contributed by atoms with E-state index in [1.807, 2.05) is 6.92 Å². The average Bonchev–Trinajstić information content (AvgIpc) is 2.65. The Labute approximate surface area is 88.8 Å². The average molecular weight is 233 g/mol. The van der Waals surface area contributed by atoms with E-state index in [4.69, 9.17) is 5.11 Å². The van der Waals surface area contributed by atoms with Crippen LogP contribution in [0, 0.1) is 0 Å². The van der Waals surface area contributed by atoms with E-state index in [9.17, 15) is 8.42 Å². The van der Waals surface area contributed by atoms with Crippen molar-refractivity contribution in [1.82, 2.24) is 14.9 Å². The first kappa shape index (κ1) is 12.2. The smallest absolute Gasteiger partial charge is 0.258 e. The molecule has 0 aliphatic carbocycles. The van der Waals surface area contributed by atoms with Crippen LogP contribution >= 0.6 is 0 Å². The van der Waals surface area contributed by atoms with Crippen LogP contribution in [-0.2, 0) is 16.6 Å². The van der Waals surface area contributed by atoms with Gasteiger partial charge in [0.2, 0.25) is 0 Å². The van der Waals surface area contributed by atoms with Crippen molar-refractivity contribution in [2.45, 2.75) is 37.9 Å². The minimum absolute atomic E-state index is 0.0645. The van der Waals surface area contributed by atoms with Gasteiger partial charge < -0.3 is 5.11 Å². The molecule has 1 rings (SSSR count). The number of aliphatic hydroxyl groups excluding tert-OH is 1. The highest BCUT2D eigenvalue weighted by Gasteiger charge is 2.21. The van der Waals surface area contributed by atoms with Gasteiger partial charge in [0.25, 0.3) is 10.0 Å². The molecule has 1 aromatic heterocycles. The van der Waals surface area contributed by atoms with Crippen molar-refractivity contribution in [2.75, 3.05) is 0 Å². The lowest BCUT2D eigenvalue weighted by molar-refractivity contribution is 0.278. The Morgan fingerprint density at radius 2 is 2.33 bits per heavy atom. The second-order valence-electron chi connectivity index (χ2n) is 3.31. The highest BCUT2D eigenvalue weighted by molar-refractivity contribution is 7.89. The zero-order valence-electron chi connectivity index (χ0n) is 8.69. The van der Waals surface area contributed by atoms with Crippen molar-refractivity contribution in [3.63, 3.8) is 0 Å². The van der Waals surface area contributed by atoms with E-state index in [1.165, 1.54) is 6.20 Å². The van der Waals surface area contributed by atoms with Crippen molar-refractivity contribution in [2.24, 2.45) is 0 Å². The van der Waals surface area contributed by atoms with Crippen LogP contribution in [0.3, 0.4) is 0 Å². The first-order chi connectivity index (χ1) is 7.01. The fourth-order valence-corrected chi connectivity index (χ4v) is 2.50. The summed E-state index contributed by atoms with van der Waals surface area (Å²) in [6.07, 6.45) is 1.99. The van der Waals surface area contributed by atoms with E-state index in [-0.39, 0.29) is 23.2 Å². The van der Waals surface area contributed by atoms with Crippen molar-refractivity contribution in [3.8, 4) is 0 Å². The predicted molar refractivity (Wildman–Crippen MR) is 54.6 cm³/mol. The van der Waals surface area contributed by atoms with Crippen LogP contribution < -0.4 is 4.72 Å². The number of aromatic nitrogens is 2. The third-order valence-electron chi connectivity index (χ3n) is 2.09. The first-order valence-corrected chi connectivity index (χ1v) is 6.15. The van der Waals surface area contributed by atoms with Crippen molar-refractivity contribution in [3.05, 3.63) is 11.8 Å². The number of nitrogens with zero attached hydrogens (tertiary/aromatic N) is 1. The van der Waals surface area contributed by atoms with Gasteiger partial charge in [0.05, 0.1) is 12.8 Å². The normalized spacial score (nSPS) is 14.1. The van der Waals surface area contributed by atoms with Gasteiger partial charge in [0.15, 0.2) is 5.03 Å². The maximum absolute atomic E-state index is 11.7. The third kappa shape index (κ3) is 2.77. The minimum atomic E-state index is -3.60. The molecule has 3 N–H and O–H groups in total. The summed E-state index contributed by atoms with van der Waals surface area (Å²) in [7, 11) is -3.60. The van der Waals surface area contributed by atoms with E-state index >= 15 is 0 Å². The van der Waals surface area contributed by atoms with E-state index < -0.39 is 10.0 Å². The fourth-order valence-electron chi connectivity index (χ4n) is 1.05. The van der Waals surface area contributed by atoms with E-state index in [0.717, 1.165) is 0 Å². The molecule has 0 saturated carbocycles. The summed E-state index contributed by atoms with van der Waals surface area (Å²) < 4.78 is 26.0. The molecular weight excluding hydrogens is 218 g/mol. The number of aromatic amines is 1. The highest BCUT2D eigenvalue weighted by Crippen LogP contribution is 2.12. The van der Waals surface area contributed by atoms with Crippen LogP contribution in [0.5, 0.6) is 0 Å². The molecule has 1 atom stereocenters. The first-order valence-electron chi connectivity index (χ1n) is 4.66. The summed E-state index contributed by atoms with van der Waals surface area (Å²) in [5.41, 5.74) is 0.269. The summed E-state index contributed by atoms with van der Waals surface area (Å²) in [5, 5.41) is 14.8. The molecule has 15 heavy (non-hydrogen) atoms. The van der Waals surface area contributed by atoms with Crippen LogP contribution in [0.1, 0.15) is 25.8 Å². The second-order valence-corrected chi connectivity index (χ2v) is 4.96. The van der Waals surface area contributed by atoms with E-state index in [2.05, 4.69) is 14.9 Å². The maximum atomic E-state index is 11.7. The van der Waals surface area contributed by atoms with E-state index in [0.29, 0.717) is 6.42 Å². The summed E-state index contributed by atoms with van der Waals surface area (Å²) >= 11 is 0. The van der Waals surface area contributed by atoms with Gasteiger partial charge in [-0.15, -0.1) is 0 Å². The van der Waals surface area contributed by atoms with Gasteiger partial charge in [-0.05, 0) is 13.3 Å². The lowest BCUT2D eigenvalue weighted by atomic mass is 10.3. The molecule has 1 heterocycles. The fraction of sp³-hybridized carbons (Fsp3) is 0.625. The Morgan fingerprint density at radius 3 is 2.87 bits per heavy atom. The van der Waals surface area contributed by atoms with E-state index in [1.54, 1.807) is 6.92 Å². The zero-order valence-corrected chi connectivity index (χ0v) is 9.50. The van der Waals surface area contributed by atoms with Crippen LogP contribution in [0.4, 0.5) is 0 Å². The summed E-state index contributed by atoms with van der Waals surface area (Å²) in [5.74, 6) is 0. The summed E-state index contributed by atoms with van der Waals surface area (Å²) in [6.45, 7) is 3.30. The van der Waals surface area contributed by atoms with Crippen molar-refractivity contribution >= 4 is 10.0 Å². The molecule has 0 aliphatic rings. The van der Waals surface area contributed by atoms with Crippen LogP contribution in [0.25, 0.3) is 0 Å². The lowest BCUT2D eigenvalue weighted by Gasteiger charge is -2.11. The molecule has 86 valence electrons. The topological polar surface area (TPSA) is 95.1 Å². The molecule has 6 nitrogen and oxygen atoms in total. The van der Waals surface area contributed by atoms with Gasteiger partial charge in [0.1, 0.15) is 0 Å². The Balaban J connectivity index is 2.96. The highest BCUT2D eigenvalue weighted by atomic mass is 32.2. The number of hydrogen-bond donors (Lipinski definition) is 3. The molecule has 0 saturated heterocycles. The molecule has 0 aromatic carbocycles. The van der Waals surface area contributed by atoms with Gasteiger partial charge in [-0.25, -0.2) is 13.1 Å². The quantitative estimate of drug-likeness (QED) is 0.666. The van der Waals surface area contributed by atoms with Gasteiger partial charge in [0, 0.05) is 11.6 Å². The number of aliphatic hydroxyl groups is 1. The third-order valence-corrected chi connectivity index (χ3v) is 3.69. The van der Waals surface area contributed by atoms with Gasteiger partial charge in [-0.2, -0.15) is 5.10 Å². The van der Waals surface area contributed by atoms with Crippen molar-refractivity contribution < 1.29 is 13.5 Å². The number of rotatable bonds is 5. The number of hydrogen-bond acceptors (Lipinski definition) is 4. The Kier molecular flexibility index (Phi) is 3.83. The standard InChI is InChI=1S/C8H15N3O3S/c1-3-6(2)11-15(13,14)8-7(5-12)4-9-10-8/h4,6,11-12H,3,5H2,1-2H3,(H,9,10). The maximum Gasteiger partial charge on any atom is 0.258 e. The Bertz CT molecular complexity index is 413. The van der Waals surface area contributed by atoms with Crippen molar-refractivity contribution in [1.29, 1.82) is 0 Å². The molecular formula is C8H15N3O3S. The molecule has 7 heteroatoms. The molecule has 0 radical (unpaired) electrons. The van der Waals surface area contributed by atoms with Crippen LogP contribution in [0.15, 0.2) is 11.2 Å². The van der Waals surface area contributed by atoms with Crippen LogP contribution in [-0.4, -0.2) is 29.8 Å². The summed E-state index contributed by atoms with van der Waals surface area (Å²) in [6, 6.07) is -0.148. The zero-order chi connectivity index (χ0) is 11.5. The molecule has 1 aromatic rings. The molecule has 1 unspecified atom stereocenters. The minimum Gasteiger partial charge on any atom is -0.392 e. The number of H-pyrrole nitrogens is 1. The predicted octanol–water partition coefficient (Wildman–Crippen LogP) is -0.0212. The number of nitrogens with one attached hydrogen (secondary N) is 2. The monoisotopic (exact) mass is 233 g/mol. The molecule has 0 bridgehead atoms. The summed E-state index contributed by atoms with van der Waals surface area (Å²) in [4.78, 5) is 0. The van der Waals surface area contributed by atoms with Crippen LogP contribution in [0.2, 0.25) is 0 Å². The van der Waals surface area contributed by atoms with Gasteiger partial charge >= 0.3 is 0 Å². The van der Waals surface area contributed by atoms with Gasteiger partial charge in [-0.3, -0.25) is 5.10 Å². The number of sulfonamides is 1. The molecule has 0 spiro atoms. The largest absolute Gasteiger partial charge is 0.392 e. The Hall–Kier alpha value is -0.920. The Morgan fingerprint density at radius 1 is 1.67 bits per heavy atom. The SMILES string of the molecule is CCC(C)NS(=O)(=O)c1[nH]ncc1CO. The molecule has 0 fully saturated rings. The second kappa shape index (κ2) is 4.73. The molecule has 0 aliphatic heterocycles.